The van der Waals surface area contributed by atoms with Crippen LogP contribution in [0.4, 0.5) is 0 Å². The lowest BCUT2D eigenvalue weighted by Crippen LogP contribution is -2.16. The van der Waals surface area contributed by atoms with E-state index < -0.39 is 0 Å². The molecule has 4 heteroatoms. The fourth-order valence-corrected chi connectivity index (χ4v) is 3.77. The van der Waals surface area contributed by atoms with Gasteiger partial charge >= 0.3 is 0 Å². The van der Waals surface area contributed by atoms with Crippen LogP contribution in [0.5, 0.6) is 0 Å². The Morgan fingerprint density at radius 1 is 1.11 bits per heavy atom. The first kappa shape index (κ1) is 15.8. The van der Waals surface area contributed by atoms with Crippen LogP contribution in [0.3, 0.4) is 0 Å². The van der Waals surface area contributed by atoms with Crippen LogP contribution in [0.15, 0.2) is 4.79 Å². The van der Waals surface area contributed by atoms with Gasteiger partial charge in [0, 0.05) is 17.0 Å². The van der Waals surface area contributed by atoms with Crippen molar-refractivity contribution in [2.75, 3.05) is 0 Å². The van der Waals surface area contributed by atoms with Gasteiger partial charge in [-0.2, -0.15) is 0 Å². The topological polar surface area (TPSA) is 22.0 Å². The fourth-order valence-electron chi connectivity index (χ4n) is 2.55. The van der Waals surface area contributed by atoms with Gasteiger partial charge in [0.2, 0.25) is 0 Å². The van der Waals surface area contributed by atoms with Gasteiger partial charge in [-0.15, -0.1) is 12.4 Å². The maximum atomic E-state index is 12.0. The van der Waals surface area contributed by atoms with Crippen LogP contribution in [0, 0.1) is 0 Å². The Balaban J connectivity index is 0.00000162. The molecule has 1 aromatic rings. The molecule has 1 aliphatic carbocycles. The van der Waals surface area contributed by atoms with Gasteiger partial charge in [-0.1, -0.05) is 50.6 Å². The number of halogens is 1. The first-order chi connectivity index (χ1) is 8.33. The van der Waals surface area contributed by atoms with Crippen molar-refractivity contribution in [1.29, 1.82) is 0 Å². The summed E-state index contributed by atoms with van der Waals surface area (Å²) in [7, 11) is 0. The molecule has 1 heterocycles. The molecular weight excluding hydrogens is 266 g/mol. The Hall–Kier alpha value is -0.280. The van der Waals surface area contributed by atoms with Crippen molar-refractivity contribution in [3.05, 3.63) is 20.8 Å². The van der Waals surface area contributed by atoms with E-state index in [4.69, 9.17) is 0 Å². The number of aromatic nitrogens is 1. The Morgan fingerprint density at radius 3 is 2.56 bits per heavy atom. The van der Waals surface area contributed by atoms with E-state index in [0.717, 1.165) is 24.9 Å². The highest BCUT2D eigenvalue weighted by Gasteiger charge is 2.19. The molecule has 0 saturated carbocycles. The third-order valence-corrected chi connectivity index (χ3v) is 4.83. The molecule has 0 unspecified atom stereocenters. The fraction of sp³-hybridized carbons (Fsp3) is 0.786. The highest BCUT2D eigenvalue weighted by atomic mass is 35.5. The lowest BCUT2D eigenvalue weighted by molar-refractivity contribution is 0.568. The summed E-state index contributed by atoms with van der Waals surface area (Å²) in [5, 5.41) is 0. The van der Waals surface area contributed by atoms with E-state index in [9.17, 15) is 4.79 Å². The van der Waals surface area contributed by atoms with E-state index in [1.54, 1.807) is 11.5 Å². The summed E-state index contributed by atoms with van der Waals surface area (Å²) in [6.45, 7) is 3.19. The summed E-state index contributed by atoms with van der Waals surface area (Å²) in [5.74, 6) is 0. The van der Waals surface area contributed by atoms with Gasteiger partial charge in [-0.3, -0.25) is 8.75 Å². The highest BCUT2D eigenvalue weighted by molar-refractivity contribution is 7.06. The maximum absolute atomic E-state index is 12.0. The van der Waals surface area contributed by atoms with Gasteiger partial charge in [-0.05, 0) is 25.7 Å². The highest BCUT2D eigenvalue weighted by Crippen LogP contribution is 2.23. The van der Waals surface area contributed by atoms with Crippen LogP contribution in [0.2, 0.25) is 0 Å². The van der Waals surface area contributed by atoms with Gasteiger partial charge < -0.3 is 0 Å². The number of hydrogen-bond donors (Lipinski definition) is 0. The van der Waals surface area contributed by atoms with Crippen LogP contribution >= 0.6 is 23.9 Å². The molecular formula is C14H24ClNOS. The van der Waals surface area contributed by atoms with E-state index in [1.165, 1.54) is 49.8 Å². The Kier molecular flexibility index (Phi) is 7.02. The predicted octanol–water partition coefficient (Wildman–Crippen LogP) is 4.18. The van der Waals surface area contributed by atoms with Crippen molar-refractivity contribution in [3.8, 4) is 0 Å². The second-order valence-electron chi connectivity index (χ2n) is 5.02. The number of aryl methyl sites for hydroxylation is 2. The summed E-state index contributed by atoms with van der Waals surface area (Å²) >= 11 is 1.72. The zero-order valence-corrected chi connectivity index (χ0v) is 12.9. The average molecular weight is 290 g/mol. The lowest BCUT2D eigenvalue weighted by Gasteiger charge is -2.01. The third kappa shape index (κ3) is 3.86. The predicted molar refractivity (Wildman–Crippen MR) is 81.2 cm³/mol. The maximum Gasteiger partial charge on any atom is 0.264 e. The molecule has 104 valence electrons. The monoisotopic (exact) mass is 289 g/mol. The minimum atomic E-state index is 0. The normalized spacial score (nSPS) is 13.4. The smallest absolute Gasteiger partial charge is 0.264 e. The molecule has 0 atom stereocenters. The van der Waals surface area contributed by atoms with E-state index in [1.807, 2.05) is 3.96 Å². The van der Waals surface area contributed by atoms with E-state index >= 15 is 0 Å². The summed E-state index contributed by atoms with van der Waals surface area (Å²) in [6.07, 6.45) is 11.1. The second-order valence-corrected chi connectivity index (χ2v) is 6.14. The van der Waals surface area contributed by atoms with E-state index in [2.05, 4.69) is 6.92 Å². The standard InChI is InChI=1S/C14H23NOS.ClH/c1-2-3-4-5-6-7-11-15-14(16)12-9-8-10-13(12)17-15;/h2-11H2,1H3;1H. The van der Waals surface area contributed by atoms with Crippen LogP contribution < -0.4 is 5.56 Å². The van der Waals surface area contributed by atoms with Gasteiger partial charge in [0.05, 0.1) is 0 Å². The van der Waals surface area contributed by atoms with Gasteiger partial charge in [0.25, 0.3) is 5.56 Å². The van der Waals surface area contributed by atoms with Crippen molar-refractivity contribution in [3.63, 3.8) is 0 Å². The van der Waals surface area contributed by atoms with Crippen molar-refractivity contribution in [2.45, 2.75) is 71.3 Å². The van der Waals surface area contributed by atoms with Crippen molar-refractivity contribution >= 4 is 23.9 Å². The number of nitrogens with zero attached hydrogens (tertiary/aromatic N) is 1. The van der Waals surface area contributed by atoms with E-state index in [-0.39, 0.29) is 12.4 Å². The number of rotatable bonds is 7. The van der Waals surface area contributed by atoms with Crippen molar-refractivity contribution in [2.24, 2.45) is 0 Å². The molecule has 0 N–H and O–H groups in total. The Bertz CT molecular complexity index is 410. The lowest BCUT2D eigenvalue weighted by atomic mass is 10.1. The second kappa shape index (κ2) is 8.00. The molecule has 0 saturated heterocycles. The first-order valence-electron chi connectivity index (χ1n) is 7.04. The summed E-state index contributed by atoms with van der Waals surface area (Å²) in [5.41, 5.74) is 1.44. The number of fused-ring (bicyclic) bond motifs is 1. The molecule has 18 heavy (non-hydrogen) atoms. The molecule has 0 fully saturated rings. The minimum absolute atomic E-state index is 0. The van der Waals surface area contributed by atoms with Crippen LogP contribution in [0.1, 0.15) is 62.3 Å². The molecule has 0 bridgehead atoms. The molecule has 0 aromatic carbocycles. The van der Waals surface area contributed by atoms with Gasteiger partial charge in [0.1, 0.15) is 0 Å². The Morgan fingerprint density at radius 2 is 1.83 bits per heavy atom. The zero-order valence-electron chi connectivity index (χ0n) is 11.2. The molecule has 1 aromatic heterocycles. The summed E-state index contributed by atoms with van der Waals surface area (Å²) < 4.78 is 1.99. The molecule has 0 aliphatic heterocycles. The minimum Gasteiger partial charge on any atom is -0.268 e. The van der Waals surface area contributed by atoms with Crippen molar-refractivity contribution in [1.82, 2.24) is 3.96 Å². The summed E-state index contributed by atoms with van der Waals surface area (Å²) in [4.78, 5) is 13.4. The first-order valence-corrected chi connectivity index (χ1v) is 7.82. The van der Waals surface area contributed by atoms with Crippen LogP contribution in [0.25, 0.3) is 0 Å². The van der Waals surface area contributed by atoms with Crippen molar-refractivity contribution < 1.29 is 0 Å². The third-order valence-electron chi connectivity index (χ3n) is 3.59. The van der Waals surface area contributed by atoms with E-state index in [0.29, 0.717) is 5.56 Å². The van der Waals surface area contributed by atoms with Crippen LogP contribution in [-0.4, -0.2) is 3.96 Å². The number of unbranched alkanes of at least 4 members (excludes halogenated alkanes) is 5. The summed E-state index contributed by atoms with van der Waals surface area (Å²) in [6, 6.07) is 0. The van der Waals surface area contributed by atoms with Gasteiger partial charge in [-0.25, -0.2) is 0 Å². The Labute approximate surface area is 120 Å². The molecule has 1 aliphatic rings. The van der Waals surface area contributed by atoms with Crippen LogP contribution in [-0.2, 0) is 19.4 Å². The molecule has 0 radical (unpaired) electrons. The SMILES string of the molecule is CCCCCCCCn1sc2c(c1=O)CCC2.Cl. The zero-order chi connectivity index (χ0) is 12.1. The largest absolute Gasteiger partial charge is 0.268 e. The molecule has 0 amide bonds. The van der Waals surface area contributed by atoms with Gasteiger partial charge in [0.15, 0.2) is 0 Å². The quantitative estimate of drug-likeness (QED) is 0.690. The molecule has 2 rings (SSSR count). The molecule has 0 spiro atoms. The number of hydrogen-bond acceptors (Lipinski definition) is 2. The molecule has 2 nitrogen and oxygen atoms in total. The average Bonchev–Trinajstić information content (AvgIpc) is 2.88.